The van der Waals surface area contributed by atoms with Crippen molar-refractivity contribution in [1.29, 1.82) is 0 Å². The Morgan fingerprint density at radius 2 is 2.00 bits per heavy atom. The summed E-state index contributed by atoms with van der Waals surface area (Å²) in [4.78, 5) is 14.6. The lowest BCUT2D eigenvalue weighted by molar-refractivity contribution is 0.204. The molecule has 0 saturated heterocycles. The predicted molar refractivity (Wildman–Crippen MR) is 90.9 cm³/mol. The molecule has 0 unspecified atom stereocenters. The number of nitrogens with zero attached hydrogens (tertiary/aromatic N) is 1. The van der Waals surface area contributed by atoms with Gasteiger partial charge in [-0.25, -0.2) is 4.79 Å². The molecular formula is C16H19ClN2O2S. The third-order valence-electron chi connectivity index (χ3n) is 3.04. The molecule has 0 spiro atoms. The average Bonchev–Trinajstić information content (AvgIpc) is 2.90. The Balaban J connectivity index is 1.67. The molecule has 0 aliphatic heterocycles. The quantitative estimate of drug-likeness (QED) is 0.811. The zero-order valence-electron chi connectivity index (χ0n) is 12.6. The van der Waals surface area contributed by atoms with Crippen LogP contribution in [0.2, 0.25) is 4.34 Å². The average molecular weight is 339 g/mol. The van der Waals surface area contributed by atoms with Gasteiger partial charge in [-0.2, -0.15) is 0 Å². The Morgan fingerprint density at radius 1 is 1.27 bits per heavy atom. The molecule has 2 aromatic rings. The number of nitrogens with one attached hydrogen (secondary N) is 1. The molecule has 1 N–H and O–H groups in total. The maximum absolute atomic E-state index is 11.9. The molecule has 0 aliphatic carbocycles. The summed E-state index contributed by atoms with van der Waals surface area (Å²) in [7, 11) is 1.75. The highest BCUT2D eigenvalue weighted by Crippen LogP contribution is 2.22. The van der Waals surface area contributed by atoms with Crippen LogP contribution < -0.4 is 10.1 Å². The van der Waals surface area contributed by atoms with Crippen molar-refractivity contribution in [3.05, 3.63) is 51.2 Å². The number of carbonyl (C=O) groups is 1. The number of rotatable bonds is 6. The van der Waals surface area contributed by atoms with Gasteiger partial charge in [0, 0.05) is 11.9 Å². The summed E-state index contributed by atoms with van der Waals surface area (Å²) in [5.74, 6) is 0.807. The molecule has 118 valence electrons. The molecule has 0 aliphatic rings. The lowest BCUT2D eigenvalue weighted by atomic mass is 10.2. The molecule has 2 rings (SSSR count). The van der Waals surface area contributed by atoms with Crippen LogP contribution in [0.4, 0.5) is 4.79 Å². The van der Waals surface area contributed by atoms with Crippen LogP contribution in [0.15, 0.2) is 36.4 Å². The molecule has 1 aromatic heterocycles. The largest absolute Gasteiger partial charge is 0.492 e. The smallest absolute Gasteiger partial charge is 0.317 e. The fourth-order valence-electron chi connectivity index (χ4n) is 1.84. The molecule has 1 heterocycles. The SMILES string of the molecule is Cc1ccc(OCCNC(=O)N(C)Cc2ccc(Cl)s2)cc1. The Hall–Kier alpha value is -1.72. The third kappa shape index (κ3) is 5.24. The van der Waals surface area contributed by atoms with Gasteiger partial charge in [0.2, 0.25) is 0 Å². The van der Waals surface area contributed by atoms with Gasteiger partial charge in [-0.3, -0.25) is 0 Å². The van der Waals surface area contributed by atoms with E-state index in [0.717, 1.165) is 15.0 Å². The second-order valence-electron chi connectivity index (χ2n) is 4.96. The number of amides is 2. The van der Waals surface area contributed by atoms with Crippen LogP contribution in [-0.2, 0) is 6.54 Å². The number of thiophene rings is 1. The minimum Gasteiger partial charge on any atom is -0.492 e. The summed E-state index contributed by atoms with van der Waals surface area (Å²) in [6, 6.07) is 11.5. The van der Waals surface area contributed by atoms with Gasteiger partial charge in [0.1, 0.15) is 12.4 Å². The van der Waals surface area contributed by atoms with E-state index in [1.165, 1.54) is 16.9 Å². The van der Waals surface area contributed by atoms with Crippen LogP contribution >= 0.6 is 22.9 Å². The Morgan fingerprint density at radius 3 is 2.64 bits per heavy atom. The summed E-state index contributed by atoms with van der Waals surface area (Å²) in [6.07, 6.45) is 0. The number of aryl methyl sites for hydroxylation is 1. The molecule has 0 bridgehead atoms. The van der Waals surface area contributed by atoms with Gasteiger partial charge in [0.15, 0.2) is 0 Å². The van der Waals surface area contributed by atoms with Crippen LogP contribution in [0.25, 0.3) is 0 Å². The van der Waals surface area contributed by atoms with Crippen molar-refractivity contribution >= 4 is 29.0 Å². The summed E-state index contributed by atoms with van der Waals surface area (Å²) < 4.78 is 6.30. The molecule has 0 radical (unpaired) electrons. The van der Waals surface area contributed by atoms with Gasteiger partial charge in [0.05, 0.1) is 17.4 Å². The number of urea groups is 1. The maximum Gasteiger partial charge on any atom is 0.317 e. The first-order valence-corrected chi connectivity index (χ1v) is 8.16. The molecule has 0 saturated carbocycles. The van der Waals surface area contributed by atoms with Crippen molar-refractivity contribution in [2.75, 3.05) is 20.2 Å². The fraction of sp³-hybridized carbons (Fsp3) is 0.312. The summed E-state index contributed by atoms with van der Waals surface area (Å²) in [6.45, 7) is 3.47. The molecule has 1 aromatic carbocycles. The molecule has 6 heteroatoms. The number of benzene rings is 1. The normalized spacial score (nSPS) is 10.3. The zero-order valence-corrected chi connectivity index (χ0v) is 14.2. The summed E-state index contributed by atoms with van der Waals surface area (Å²) >= 11 is 7.36. The highest BCUT2D eigenvalue weighted by atomic mass is 35.5. The van der Waals surface area contributed by atoms with E-state index < -0.39 is 0 Å². The van der Waals surface area contributed by atoms with Crippen molar-refractivity contribution in [3.8, 4) is 5.75 Å². The second-order valence-corrected chi connectivity index (χ2v) is 6.75. The van der Waals surface area contributed by atoms with Crippen molar-refractivity contribution in [1.82, 2.24) is 10.2 Å². The third-order valence-corrected chi connectivity index (χ3v) is 4.25. The van der Waals surface area contributed by atoms with Crippen LogP contribution in [0.1, 0.15) is 10.4 Å². The monoisotopic (exact) mass is 338 g/mol. The predicted octanol–water partition coefficient (Wildman–Crippen LogP) is 3.93. The molecule has 2 amide bonds. The van der Waals surface area contributed by atoms with Gasteiger partial charge < -0.3 is 15.0 Å². The highest BCUT2D eigenvalue weighted by molar-refractivity contribution is 7.16. The van der Waals surface area contributed by atoms with Crippen LogP contribution in [0.3, 0.4) is 0 Å². The van der Waals surface area contributed by atoms with E-state index in [4.69, 9.17) is 16.3 Å². The number of hydrogen-bond donors (Lipinski definition) is 1. The fourth-order valence-corrected chi connectivity index (χ4v) is 2.98. The lowest BCUT2D eigenvalue weighted by Crippen LogP contribution is -2.38. The van der Waals surface area contributed by atoms with E-state index >= 15 is 0 Å². The molecule has 0 fully saturated rings. The van der Waals surface area contributed by atoms with E-state index in [1.807, 2.05) is 43.3 Å². The standard InChI is InChI=1S/C16H19ClN2O2S/c1-12-3-5-13(6-4-12)21-10-9-18-16(20)19(2)11-14-7-8-15(17)22-14/h3-8H,9-11H2,1-2H3,(H,18,20). The van der Waals surface area contributed by atoms with Crippen molar-refractivity contribution in [2.45, 2.75) is 13.5 Å². The van der Waals surface area contributed by atoms with E-state index in [-0.39, 0.29) is 6.03 Å². The summed E-state index contributed by atoms with van der Waals surface area (Å²) in [5, 5.41) is 2.82. The van der Waals surface area contributed by atoms with Gasteiger partial charge >= 0.3 is 6.03 Å². The van der Waals surface area contributed by atoms with E-state index in [2.05, 4.69) is 5.32 Å². The molecular weight excluding hydrogens is 320 g/mol. The van der Waals surface area contributed by atoms with Crippen LogP contribution in [0, 0.1) is 6.92 Å². The van der Waals surface area contributed by atoms with Crippen molar-refractivity contribution < 1.29 is 9.53 Å². The van der Waals surface area contributed by atoms with E-state index in [9.17, 15) is 4.79 Å². The van der Waals surface area contributed by atoms with Gasteiger partial charge in [-0.15, -0.1) is 11.3 Å². The van der Waals surface area contributed by atoms with Crippen molar-refractivity contribution in [2.24, 2.45) is 0 Å². The highest BCUT2D eigenvalue weighted by Gasteiger charge is 2.09. The minimum absolute atomic E-state index is 0.128. The number of hydrogen-bond acceptors (Lipinski definition) is 3. The zero-order chi connectivity index (χ0) is 15.9. The molecule has 4 nitrogen and oxygen atoms in total. The van der Waals surface area contributed by atoms with E-state index in [0.29, 0.717) is 19.7 Å². The van der Waals surface area contributed by atoms with Crippen LogP contribution in [0.5, 0.6) is 5.75 Å². The number of halogens is 1. The molecule has 0 atom stereocenters. The molecule has 22 heavy (non-hydrogen) atoms. The first-order valence-electron chi connectivity index (χ1n) is 6.97. The lowest BCUT2D eigenvalue weighted by Gasteiger charge is -2.17. The number of carbonyl (C=O) groups excluding carboxylic acids is 1. The van der Waals surface area contributed by atoms with Gasteiger partial charge in [-0.05, 0) is 31.2 Å². The van der Waals surface area contributed by atoms with Gasteiger partial charge in [0.25, 0.3) is 0 Å². The van der Waals surface area contributed by atoms with Crippen LogP contribution in [-0.4, -0.2) is 31.1 Å². The number of ether oxygens (including phenoxy) is 1. The Kier molecular flexibility index (Phi) is 6.10. The maximum atomic E-state index is 11.9. The second kappa shape index (κ2) is 8.06. The first-order chi connectivity index (χ1) is 10.5. The minimum atomic E-state index is -0.128. The Labute approximate surface area is 139 Å². The summed E-state index contributed by atoms with van der Waals surface area (Å²) in [5.41, 5.74) is 1.19. The topological polar surface area (TPSA) is 41.6 Å². The first kappa shape index (κ1) is 16.6. The van der Waals surface area contributed by atoms with Crippen molar-refractivity contribution in [3.63, 3.8) is 0 Å². The van der Waals surface area contributed by atoms with E-state index in [1.54, 1.807) is 11.9 Å². The Bertz CT molecular complexity index is 613. The van der Waals surface area contributed by atoms with Gasteiger partial charge in [-0.1, -0.05) is 29.3 Å².